The molecule has 0 aromatic heterocycles. The van der Waals surface area contributed by atoms with Crippen molar-refractivity contribution < 1.29 is 9.90 Å². The number of aliphatic carboxylic acids is 1. The summed E-state index contributed by atoms with van der Waals surface area (Å²) in [4.78, 5) is 11.1. The Morgan fingerprint density at radius 2 is 2.24 bits per heavy atom. The van der Waals surface area contributed by atoms with Gasteiger partial charge in [-0.05, 0) is 31.0 Å². The van der Waals surface area contributed by atoms with Crippen LogP contribution in [-0.2, 0) is 4.79 Å². The van der Waals surface area contributed by atoms with E-state index in [1.165, 1.54) is 0 Å². The Morgan fingerprint density at radius 3 is 2.82 bits per heavy atom. The lowest BCUT2D eigenvalue weighted by Crippen LogP contribution is -2.29. The van der Waals surface area contributed by atoms with E-state index in [0.29, 0.717) is 11.4 Å². The van der Waals surface area contributed by atoms with Gasteiger partial charge in [0.05, 0.1) is 0 Å². The maximum atomic E-state index is 11.1. The summed E-state index contributed by atoms with van der Waals surface area (Å²) in [6.07, 6.45) is 2.50. The number of anilines is 1. The quantitative estimate of drug-likeness (QED) is 0.815. The van der Waals surface area contributed by atoms with E-state index in [0.717, 1.165) is 24.1 Å². The van der Waals surface area contributed by atoms with E-state index >= 15 is 0 Å². The second kappa shape index (κ2) is 6.50. The first-order valence-electron chi connectivity index (χ1n) is 5.80. The average Bonchev–Trinajstić information content (AvgIpc) is 2.29. The molecule has 1 atom stereocenters. The second-order valence-electron chi connectivity index (χ2n) is 4.09. The molecular weight excluding hydrogens is 238 g/mol. The highest BCUT2D eigenvalue weighted by Crippen LogP contribution is 2.24. The molecule has 0 aliphatic rings. The van der Waals surface area contributed by atoms with Crippen molar-refractivity contribution in [2.75, 3.05) is 5.32 Å². The molecule has 0 saturated carbocycles. The Hall–Kier alpha value is -1.22. The van der Waals surface area contributed by atoms with Crippen LogP contribution in [0.1, 0.15) is 31.7 Å². The maximum absolute atomic E-state index is 11.1. The number of unbranched alkanes of at least 4 members (excludes halogenated alkanes) is 1. The van der Waals surface area contributed by atoms with Crippen LogP contribution in [0.5, 0.6) is 0 Å². The molecule has 0 saturated heterocycles. The Morgan fingerprint density at radius 1 is 1.53 bits per heavy atom. The van der Waals surface area contributed by atoms with Gasteiger partial charge in [0.2, 0.25) is 0 Å². The Balaban J connectivity index is 2.78. The summed E-state index contributed by atoms with van der Waals surface area (Å²) in [7, 11) is 0. The lowest BCUT2D eigenvalue weighted by atomic mass is 10.1. The minimum Gasteiger partial charge on any atom is -0.480 e. The molecule has 4 heteroatoms. The number of hydrogen-bond acceptors (Lipinski definition) is 2. The molecule has 1 aromatic rings. The van der Waals surface area contributed by atoms with E-state index in [1.807, 2.05) is 26.0 Å². The molecule has 1 rings (SSSR count). The minimum absolute atomic E-state index is 0.549. The van der Waals surface area contributed by atoms with Gasteiger partial charge in [0.1, 0.15) is 6.04 Å². The van der Waals surface area contributed by atoms with Crippen molar-refractivity contribution in [3.05, 3.63) is 28.8 Å². The number of benzene rings is 1. The highest BCUT2D eigenvalue weighted by molar-refractivity contribution is 6.31. The molecule has 0 aliphatic carbocycles. The number of carboxylic acids is 1. The van der Waals surface area contributed by atoms with Crippen LogP contribution in [0, 0.1) is 6.92 Å². The van der Waals surface area contributed by atoms with Gasteiger partial charge in [0.15, 0.2) is 0 Å². The van der Waals surface area contributed by atoms with Crippen molar-refractivity contribution in [1.29, 1.82) is 0 Å². The first-order chi connectivity index (χ1) is 8.06. The van der Waals surface area contributed by atoms with Crippen molar-refractivity contribution >= 4 is 23.3 Å². The van der Waals surface area contributed by atoms with Crippen molar-refractivity contribution in [1.82, 2.24) is 0 Å². The monoisotopic (exact) mass is 255 g/mol. The first-order valence-corrected chi connectivity index (χ1v) is 6.18. The Bertz CT molecular complexity index is 393. The molecule has 1 aromatic carbocycles. The van der Waals surface area contributed by atoms with E-state index in [-0.39, 0.29) is 0 Å². The Labute approximate surface area is 107 Å². The average molecular weight is 256 g/mol. The summed E-state index contributed by atoms with van der Waals surface area (Å²) in [5.41, 5.74) is 1.68. The molecule has 3 nitrogen and oxygen atoms in total. The summed E-state index contributed by atoms with van der Waals surface area (Å²) in [5, 5.41) is 12.8. The standard InChI is InChI=1S/C13H18ClNO2/c1-3-4-7-12(13(16)17)15-11-8-5-6-10(14)9(11)2/h5-6,8,12,15H,3-4,7H2,1-2H3,(H,16,17). The number of nitrogens with one attached hydrogen (secondary N) is 1. The van der Waals surface area contributed by atoms with Gasteiger partial charge in [-0.15, -0.1) is 0 Å². The van der Waals surface area contributed by atoms with Crippen LogP contribution in [0.25, 0.3) is 0 Å². The first kappa shape index (κ1) is 13.8. The molecule has 0 fully saturated rings. The number of halogens is 1. The summed E-state index contributed by atoms with van der Waals surface area (Å²) >= 11 is 5.99. The molecule has 1 unspecified atom stereocenters. The van der Waals surface area contributed by atoms with E-state index in [1.54, 1.807) is 6.07 Å². The summed E-state index contributed by atoms with van der Waals surface area (Å²) in [6, 6.07) is 4.91. The molecule has 0 aliphatic heterocycles. The van der Waals surface area contributed by atoms with Gasteiger partial charge in [-0.1, -0.05) is 37.4 Å². The normalized spacial score (nSPS) is 12.2. The molecule has 17 heavy (non-hydrogen) atoms. The molecule has 0 radical (unpaired) electrons. The largest absolute Gasteiger partial charge is 0.480 e. The highest BCUT2D eigenvalue weighted by atomic mass is 35.5. The summed E-state index contributed by atoms with van der Waals surface area (Å²) < 4.78 is 0. The van der Waals surface area contributed by atoms with Gasteiger partial charge < -0.3 is 10.4 Å². The SMILES string of the molecule is CCCCC(Nc1cccc(Cl)c1C)C(=O)O. The molecule has 0 bridgehead atoms. The predicted octanol–water partition coefficient (Wildman–Crippen LogP) is 3.70. The molecule has 0 amide bonds. The van der Waals surface area contributed by atoms with Gasteiger partial charge in [0.25, 0.3) is 0 Å². The minimum atomic E-state index is -0.821. The van der Waals surface area contributed by atoms with Crippen LogP contribution in [0.4, 0.5) is 5.69 Å². The third-order valence-corrected chi connectivity index (χ3v) is 3.15. The van der Waals surface area contributed by atoms with E-state index in [9.17, 15) is 4.79 Å². The molecule has 94 valence electrons. The second-order valence-corrected chi connectivity index (χ2v) is 4.50. The van der Waals surface area contributed by atoms with Gasteiger partial charge in [0, 0.05) is 10.7 Å². The predicted molar refractivity (Wildman–Crippen MR) is 70.8 cm³/mol. The van der Waals surface area contributed by atoms with Crippen LogP contribution in [-0.4, -0.2) is 17.1 Å². The van der Waals surface area contributed by atoms with Crippen LogP contribution in [0.2, 0.25) is 5.02 Å². The van der Waals surface area contributed by atoms with Crippen molar-refractivity contribution in [3.63, 3.8) is 0 Å². The summed E-state index contributed by atoms with van der Waals surface area (Å²) in [6.45, 7) is 3.92. The van der Waals surface area contributed by atoms with Crippen molar-refractivity contribution in [2.24, 2.45) is 0 Å². The van der Waals surface area contributed by atoms with Gasteiger partial charge in [-0.25, -0.2) is 4.79 Å². The van der Waals surface area contributed by atoms with Crippen molar-refractivity contribution in [3.8, 4) is 0 Å². The third kappa shape index (κ3) is 3.93. The zero-order valence-corrected chi connectivity index (χ0v) is 10.9. The van der Waals surface area contributed by atoms with Crippen LogP contribution >= 0.6 is 11.6 Å². The topological polar surface area (TPSA) is 49.3 Å². The lowest BCUT2D eigenvalue weighted by molar-refractivity contribution is -0.138. The zero-order chi connectivity index (χ0) is 12.8. The number of rotatable bonds is 6. The van der Waals surface area contributed by atoms with Gasteiger partial charge in [-0.2, -0.15) is 0 Å². The fraction of sp³-hybridized carbons (Fsp3) is 0.462. The van der Waals surface area contributed by atoms with E-state index in [4.69, 9.17) is 16.7 Å². The van der Waals surface area contributed by atoms with Gasteiger partial charge >= 0.3 is 5.97 Å². The smallest absolute Gasteiger partial charge is 0.326 e. The van der Waals surface area contributed by atoms with Gasteiger partial charge in [-0.3, -0.25) is 0 Å². The fourth-order valence-corrected chi connectivity index (χ4v) is 1.79. The lowest BCUT2D eigenvalue weighted by Gasteiger charge is -2.17. The van der Waals surface area contributed by atoms with E-state index < -0.39 is 12.0 Å². The Kier molecular flexibility index (Phi) is 5.29. The molecule has 2 N–H and O–H groups in total. The number of carbonyl (C=O) groups is 1. The fourth-order valence-electron chi connectivity index (χ4n) is 1.62. The third-order valence-electron chi connectivity index (χ3n) is 2.74. The number of hydrogen-bond donors (Lipinski definition) is 2. The van der Waals surface area contributed by atoms with Crippen molar-refractivity contribution in [2.45, 2.75) is 39.2 Å². The zero-order valence-electron chi connectivity index (χ0n) is 10.2. The maximum Gasteiger partial charge on any atom is 0.326 e. The summed E-state index contributed by atoms with van der Waals surface area (Å²) in [5.74, 6) is -0.821. The highest BCUT2D eigenvalue weighted by Gasteiger charge is 2.17. The van der Waals surface area contributed by atoms with Crippen LogP contribution in [0.15, 0.2) is 18.2 Å². The van der Waals surface area contributed by atoms with Crippen LogP contribution < -0.4 is 5.32 Å². The molecule has 0 heterocycles. The molecule has 0 spiro atoms. The number of carboxylic acid groups (broad SMARTS) is 1. The van der Waals surface area contributed by atoms with Crippen LogP contribution in [0.3, 0.4) is 0 Å². The molecular formula is C13H18ClNO2. The van der Waals surface area contributed by atoms with E-state index in [2.05, 4.69) is 5.32 Å².